The second-order valence-corrected chi connectivity index (χ2v) is 4.58. The normalized spacial score (nSPS) is 11.8. The summed E-state index contributed by atoms with van der Waals surface area (Å²) in [5, 5.41) is 0.977. The SMILES string of the molecule is Cn1c(-c2ccc(OC(F)(F)F)cc2)cc2cccnc21. The molecule has 0 saturated carbocycles. The van der Waals surface area contributed by atoms with Gasteiger partial charge in [-0.2, -0.15) is 0 Å². The average molecular weight is 292 g/mol. The van der Waals surface area contributed by atoms with E-state index in [0.29, 0.717) is 0 Å². The van der Waals surface area contributed by atoms with Crippen molar-refractivity contribution in [3.8, 4) is 17.0 Å². The van der Waals surface area contributed by atoms with Crippen molar-refractivity contribution in [3.63, 3.8) is 0 Å². The number of hydrogen-bond acceptors (Lipinski definition) is 2. The molecule has 3 aromatic rings. The number of alkyl halides is 3. The van der Waals surface area contributed by atoms with Gasteiger partial charge in [0.25, 0.3) is 0 Å². The van der Waals surface area contributed by atoms with E-state index in [2.05, 4.69) is 9.72 Å². The van der Waals surface area contributed by atoms with Gasteiger partial charge in [-0.05, 0) is 48.0 Å². The molecule has 1 aromatic carbocycles. The molecule has 0 unspecified atom stereocenters. The molecular weight excluding hydrogens is 281 g/mol. The molecule has 2 aromatic heterocycles. The molecule has 0 radical (unpaired) electrons. The molecule has 2 heterocycles. The maximum absolute atomic E-state index is 12.1. The number of hydrogen-bond donors (Lipinski definition) is 0. The highest BCUT2D eigenvalue weighted by Crippen LogP contribution is 2.29. The molecule has 0 spiro atoms. The number of halogens is 3. The summed E-state index contributed by atoms with van der Waals surface area (Å²) in [6.45, 7) is 0. The number of benzene rings is 1. The first-order chi connectivity index (χ1) is 9.94. The summed E-state index contributed by atoms with van der Waals surface area (Å²) in [4.78, 5) is 4.28. The van der Waals surface area contributed by atoms with Crippen molar-refractivity contribution in [2.75, 3.05) is 0 Å². The molecule has 0 N–H and O–H groups in total. The highest BCUT2D eigenvalue weighted by Gasteiger charge is 2.30. The van der Waals surface area contributed by atoms with Gasteiger partial charge in [0.2, 0.25) is 0 Å². The third-order valence-corrected chi connectivity index (χ3v) is 3.17. The molecule has 0 atom stereocenters. The van der Waals surface area contributed by atoms with Gasteiger partial charge in [0, 0.05) is 18.6 Å². The van der Waals surface area contributed by atoms with Crippen LogP contribution in [0.15, 0.2) is 48.7 Å². The number of aryl methyl sites for hydroxylation is 1. The van der Waals surface area contributed by atoms with Crippen LogP contribution in [0.1, 0.15) is 0 Å². The lowest BCUT2D eigenvalue weighted by Gasteiger charge is -2.09. The summed E-state index contributed by atoms with van der Waals surface area (Å²) < 4.78 is 42.2. The van der Waals surface area contributed by atoms with Crippen molar-refractivity contribution < 1.29 is 17.9 Å². The Balaban J connectivity index is 1.97. The van der Waals surface area contributed by atoms with Crippen molar-refractivity contribution in [3.05, 3.63) is 48.7 Å². The fraction of sp³-hybridized carbons (Fsp3) is 0.133. The molecule has 0 saturated heterocycles. The summed E-state index contributed by atoms with van der Waals surface area (Å²) in [6, 6.07) is 11.5. The van der Waals surface area contributed by atoms with Gasteiger partial charge in [0.1, 0.15) is 11.4 Å². The number of aromatic nitrogens is 2. The Hall–Kier alpha value is -2.50. The Morgan fingerprint density at radius 3 is 2.43 bits per heavy atom. The second kappa shape index (κ2) is 4.80. The first kappa shape index (κ1) is 13.5. The lowest BCUT2D eigenvalue weighted by Crippen LogP contribution is -2.16. The van der Waals surface area contributed by atoms with E-state index in [1.165, 1.54) is 12.1 Å². The first-order valence-electron chi connectivity index (χ1n) is 6.21. The summed E-state index contributed by atoms with van der Waals surface area (Å²) in [6.07, 6.45) is -2.97. The van der Waals surface area contributed by atoms with Crippen LogP contribution >= 0.6 is 0 Å². The fourth-order valence-corrected chi connectivity index (χ4v) is 2.26. The molecule has 0 aliphatic rings. The van der Waals surface area contributed by atoms with E-state index in [1.807, 2.05) is 29.8 Å². The first-order valence-corrected chi connectivity index (χ1v) is 6.21. The third-order valence-electron chi connectivity index (χ3n) is 3.17. The molecule has 0 fully saturated rings. The van der Waals surface area contributed by atoms with Gasteiger partial charge in [-0.25, -0.2) is 4.98 Å². The Kier molecular flexibility index (Phi) is 3.08. The minimum absolute atomic E-state index is 0.233. The monoisotopic (exact) mass is 292 g/mol. The zero-order valence-corrected chi connectivity index (χ0v) is 11.1. The number of rotatable bonds is 2. The predicted molar refractivity (Wildman–Crippen MR) is 72.8 cm³/mol. The van der Waals surface area contributed by atoms with E-state index in [9.17, 15) is 13.2 Å². The number of pyridine rings is 1. The summed E-state index contributed by atoms with van der Waals surface area (Å²) in [5.74, 6) is -0.233. The lowest BCUT2D eigenvalue weighted by atomic mass is 10.1. The topological polar surface area (TPSA) is 27.1 Å². The van der Waals surface area contributed by atoms with Crippen molar-refractivity contribution in [2.45, 2.75) is 6.36 Å². The van der Waals surface area contributed by atoms with Crippen LogP contribution in [0.5, 0.6) is 5.75 Å². The number of fused-ring (bicyclic) bond motifs is 1. The minimum atomic E-state index is -4.68. The molecule has 0 aliphatic heterocycles. The highest BCUT2D eigenvalue weighted by atomic mass is 19.4. The summed E-state index contributed by atoms with van der Waals surface area (Å²) in [5.41, 5.74) is 2.50. The molecule has 3 rings (SSSR count). The van der Waals surface area contributed by atoms with Crippen LogP contribution in [-0.4, -0.2) is 15.9 Å². The van der Waals surface area contributed by atoms with Crippen molar-refractivity contribution in [2.24, 2.45) is 7.05 Å². The van der Waals surface area contributed by atoms with Gasteiger partial charge in [0.15, 0.2) is 0 Å². The molecule has 21 heavy (non-hydrogen) atoms. The van der Waals surface area contributed by atoms with Gasteiger partial charge in [-0.1, -0.05) is 0 Å². The van der Waals surface area contributed by atoms with Gasteiger partial charge in [-0.15, -0.1) is 13.2 Å². The van der Waals surface area contributed by atoms with E-state index in [-0.39, 0.29) is 5.75 Å². The van der Waals surface area contributed by atoms with Crippen LogP contribution in [0.4, 0.5) is 13.2 Å². The Morgan fingerprint density at radius 1 is 1.10 bits per heavy atom. The van der Waals surface area contributed by atoms with E-state index in [1.54, 1.807) is 18.3 Å². The fourth-order valence-electron chi connectivity index (χ4n) is 2.26. The van der Waals surface area contributed by atoms with Crippen LogP contribution in [0.2, 0.25) is 0 Å². The van der Waals surface area contributed by atoms with Gasteiger partial charge in [0.05, 0.1) is 5.69 Å². The quantitative estimate of drug-likeness (QED) is 0.710. The van der Waals surface area contributed by atoms with Crippen LogP contribution < -0.4 is 4.74 Å². The van der Waals surface area contributed by atoms with Gasteiger partial charge < -0.3 is 9.30 Å². The Labute approximate surface area is 118 Å². The van der Waals surface area contributed by atoms with Gasteiger partial charge >= 0.3 is 6.36 Å². The maximum atomic E-state index is 12.1. The zero-order valence-electron chi connectivity index (χ0n) is 11.1. The van der Waals surface area contributed by atoms with Crippen LogP contribution in [0.3, 0.4) is 0 Å². The third kappa shape index (κ3) is 2.69. The van der Waals surface area contributed by atoms with E-state index >= 15 is 0 Å². The second-order valence-electron chi connectivity index (χ2n) is 4.58. The Morgan fingerprint density at radius 2 is 1.81 bits per heavy atom. The smallest absolute Gasteiger partial charge is 0.406 e. The minimum Gasteiger partial charge on any atom is -0.406 e. The standard InChI is InChI=1S/C15H11F3N2O/c1-20-13(9-11-3-2-8-19-14(11)20)10-4-6-12(7-5-10)21-15(16,17)18/h2-9H,1H3. The molecule has 0 aliphatic carbocycles. The van der Waals surface area contributed by atoms with Crippen LogP contribution in [0, 0.1) is 0 Å². The Bertz CT molecular complexity index is 776. The maximum Gasteiger partial charge on any atom is 0.573 e. The largest absolute Gasteiger partial charge is 0.573 e. The number of nitrogens with zero attached hydrogens (tertiary/aromatic N) is 2. The van der Waals surface area contributed by atoms with Crippen molar-refractivity contribution in [1.82, 2.24) is 9.55 Å². The lowest BCUT2D eigenvalue weighted by molar-refractivity contribution is -0.274. The van der Waals surface area contributed by atoms with Crippen molar-refractivity contribution in [1.29, 1.82) is 0 Å². The van der Waals surface area contributed by atoms with Gasteiger partial charge in [-0.3, -0.25) is 0 Å². The summed E-state index contributed by atoms with van der Waals surface area (Å²) in [7, 11) is 1.87. The summed E-state index contributed by atoms with van der Waals surface area (Å²) >= 11 is 0. The van der Waals surface area contributed by atoms with E-state index in [0.717, 1.165) is 22.3 Å². The number of ether oxygens (including phenoxy) is 1. The average Bonchev–Trinajstić information content (AvgIpc) is 2.76. The molecule has 6 heteroatoms. The van der Waals surface area contributed by atoms with Crippen LogP contribution in [-0.2, 0) is 7.05 Å². The molecule has 0 bridgehead atoms. The molecular formula is C15H11F3N2O. The highest BCUT2D eigenvalue weighted by molar-refractivity contribution is 5.84. The van der Waals surface area contributed by atoms with E-state index in [4.69, 9.17) is 0 Å². The van der Waals surface area contributed by atoms with Crippen LogP contribution in [0.25, 0.3) is 22.3 Å². The zero-order chi connectivity index (χ0) is 15.0. The van der Waals surface area contributed by atoms with Crippen molar-refractivity contribution >= 4 is 11.0 Å². The molecule has 108 valence electrons. The van der Waals surface area contributed by atoms with E-state index < -0.39 is 6.36 Å². The molecule has 0 amide bonds. The molecule has 3 nitrogen and oxygen atoms in total. The predicted octanol–water partition coefficient (Wildman–Crippen LogP) is 4.14.